The summed E-state index contributed by atoms with van der Waals surface area (Å²) in [7, 11) is 0. The van der Waals surface area contributed by atoms with Crippen LogP contribution in [0.5, 0.6) is 0 Å². The van der Waals surface area contributed by atoms with Crippen LogP contribution >= 0.6 is 0 Å². The molecule has 0 aliphatic carbocycles. The average molecular weight is 474 g/mol. The molecule has 0 saturated carbocycles. The van der Waals surface area contributed by atoms with E-state index in [0.29, 0.717) is 5.69 Å². The first-order chi connectivity index (χ1) is 16.2. The fourth-order valence-corrected chi connectivity index (χ4v) is 3.76. The highest BCUT2D eigenvalue weighted by Gasteiger charge is 2.52. The summed E-state index contributed by atoms with van der Waals surface area (Å²) in [5.74, 6) is -2.38. The molecule has 1 aromatic carbocycles. The fraction of sp³-hybridized carbons (Fsp3) is 0.455. The van der Waals surface area contributed by atoms with E-state index in [2.05, 4.69) is 15.6 Å². The van der Waals surface area contributed by atoms with Gasteiger partial charge in [-0.15, -0.1) is 5.10 Å². The molecule has 0 spiro atoms. The molecule has 5 atom stereocenters. The minimum atomic E-state index is -1.18. The van der Waals surface area contributed by atoms with Gasteiger partial charge in [0.05, 0.1) is 11.9 Å². The van der Waals surface area contributed by atoms with Crippen LogP contribution in [0.1, 0.15) is 33.9 Å². The van der Waals surface area contributed by atoms with Crippen LogP contribution in [0.4, 0.5) is 0 Å². The van der Waals surface area contributed by atoms with Crippen molar-refractivity contribution in [2.75, 3.05) is 6.61 Å². The van der Waals surface area contributed by atoms with Gasteiger partial charge in [-0.3, -0.25) is 19.2 Å². The van der Waals surface area contributed by atoms with Crippen LogP contribution in [0.15, 0.2) is 36.5 Å². The van der Waals surface area contributed by atoms with Crippen molar-refractivity contribution in [1.29, 1.82) is 0 Å². The van der Waals surface area contributed by atoms with Crippen molar-refractivity contribution in [3.63, 3.8) is 0 Å². The predicted molar refractivity (Wildman–Crippen MR) is 115 cm³/mol. The molecular weight excluding hydrogens is 448 g/mol. The first-order valence-electron chi connectivity index (χ1n) is 10.5. The molecule has 1 amide bonds. The Morgan fingerprint density at radius 2 is 1.62 bits per heavy atom. The summed E-state index contributed by atoms with van der Waals surface area (Å²) in [6.45, 7) is 4.57. The van der Waals surface area contributed by atoms with Crippen molar-refractivity contribution in [3.05, 3.63) is 36.5 Å². The zero-order valence-corrected chi connectivity index (χ0v) is 19.2. The molecule has 1 aliphatic rings. The first-order valence-corrected chi connectivity index (χ1v) is 10.5. The van der Waals surface area contributed by atoms with E-state index in [-0.39, 0.29) is 6.61 Å². The maximum Gasteiger partial charge on any atom is 0.303 e. The van der Waals surface area contributed by atoms with Gasteiger partial charge in [0.2, 0.25) is 5.91 Å². The number of aromatic nitrogens is 3. The molecule has 34 heavy (non-hydrogen) atoms. The molecular formula is C22H26N4O8. The normalized spacial score (nSPS) is 24.1. The summed E-state index contributed by atoms with van der Waals surface area (Å²) in [5, 5.41) is 10.8. The Bertz CT molecular complexity index is 1040. The first kappa shape index (κ1) is 24.8. The lowest BCUT2D eigenvalue weighted by molar-refractivity contribution is -0.239. The maximum atomic E-state index is 12.1. The largest absolute Gasteiger partial charge is 0.463 e. The third-order valence-corrected chi connectivity index (χ3v) is 4.98. The molecule has 12 heteroatoms. The molecule has 1 fully saturated rings. The van der Waals surface area contributed by atoms with Gasteiger partial charge in [-0.05, 0) is 0 Å². The van der Waals surface area contributed by atoms with Gasteiger partial charge in [0.25, 0.3) is 0 Å². The predicted octanol–water partition coefficient (Wildman–Crippen LogP) is 0.774. The van der Waals surface area contributed by atoms with Crippen molar-refractivity contribution in [2.24, 2.45) is 0 Å². The molecule has 2 heterocycles. The van der Waals surface area contributed by atoms with Crippen LogP contribution in [0, 0.1) is 0 Å². The number of nitrogens with one attached hydrogen (secondary N) is 1. The van der Waals surface area contributed by atoms with Gasteiger partial charge in [0.15, 0.2) is 18.4 Å². The number of nitrogens with zero attached hydrogens (tertiary/aromatic N) is 3. The van der Waals surface area contributed by atoms with Crippen LogP contribution in [0.3, 0.4) is 0 Å². The second kappa shape index (κ2) is 10.9. The third kappa shape index (κ3) is 5.95. The molecule has 1 aliphatic heterocycles. The highest BCUT2D eigenvalue weighted by molar-refractivity contribution is 5.74. The van der Waals surface area contributed by atoms with Crippen LogP contribution in [0.2, 0.25) is 0 Å². The molecule has 1 saturated heterocycles. The highest BCUT2D eigenvalue weighted by atomic mass is 16.6. The number of rotatable bonds is 7. The van der Waals surface area contributed by atoms with E-state index in [0.717, 1.165) is 5.56 Å². The summed E-state index contributed by atoms with van der Waals surface area (Å²) in [6, 6.07) is 8.18. The molecule has 2 aromatic rings. The quantitative estimate of drug-likeness (QED) is 0.451. The van der Waals surface area contributed by atoms with Crippen molar-refractivity contribution >= 4 is 23.8 Å². The number of ether oxygens (including phenoxy) is 4. The molecule has 0 bridgehead atoms. The monoisotopic (exact) mass is 474 g/mol. The zero-order valence-electron chi connectivity index (χ0n) is 19.2. The topological polar surface area (TPSA) is 148 Å². The van der Waals surface area contributed by atoms with Gasteiger partial charge in [-0.25, -0.2) is 4.68 Å². The maximum absolute atomic E-state index is 12.1. The van der Waals surface area contributed by atoms with Gasteiger partial charge >= 0.3 is 17.9 Å². The summed E-state index contributed by atoms with van der Waals surface area (Å²) < 4.78 is 23.7. The Kier molecular flexibility index (Phi) is 7.95. The summed E-state index contributed by atoms with van der Waals surface area (Å²) in [6.07, 6.45) is -2.95. The molecule has 0 radical (unpaired) electrons. The van der Waals surface area contributed by atoms with Crippen molar-refractivity contribution in [3.8, 4) is 11.3 Å². The fourth-order valence-electron chi connectivity index (χ4n) is 3.76. The SMILES string of the molecule is CC(=O)N[C@@H]1[C@@H](OC(C)=O)[C@H](OC(C)=O)[C@@H](COC(C)=O)O[C@H]1n1nncc1-c1ccccc1. The van der Waals surface area contributed by atoms with Crippen molar-refractivity contribution in [1.82, 2.24) is 20.3 Å². The zero-order chi connectivity index (χ0) is 24.8. The van der Waals surface area contributed by atoms with Crippen molar-refractivity contribution < 1.29 is 38.1 Å². The third-order valence-electron chi connectivity index (χ3n) is 4.98. The lowest BCUT2D eigenvalue weighted by Crippen LogP contribution is -2.64. The molecule has 3 rings (SSSR count). The Balaban J connectivity index is 2.10. The Labute approximate surface area is 195 Å². The number of esters is 3. The van der Waals surface area contributed by atoms with Crippen LogP contribution in [-0.4, -0.2) is 69.8 Å². The molecule has 1 N–H and O–H groups in total. The Morgan fingerprint density at radius 1 is 0.971 bits per heavy atom. The van der Waals surface area contributed by atoms with Gasteiger partial charge in [-0.1, -0.05) is 35.5 Å². The molecule has 0 unspecified atom stereocenters. The Morgan fingerprint density at radius 3 is 2.21 bits per heavy atom. The van der Waals surface area contributed by atoms with Gasteiger partial charge in [0.1, 0.15) is 18.8 Å². The van der Waals surface area contributed by atoms with E-state index in [4.69, 9.17) is 18.9 Å². The number of hydrogen-bond donors (Lipinski definition) is 1. The number of benzene rings is 1. The van der Waals surface area contributed by atoms with E-state index >= 15 is 0 Å². The number of amides is 1. The van der Waals surface area contributed by atoms with E-state index < -0.39 is 54.4 Å². The minimum Gasteiger partial charge on any atom is -0.463 e. The van der Waals surface area contributed by atoms with Crippen molar-refractivity contribution in [2.45, 2.75) is 58.3 Å². The summed E-state index contributed by atoms with van der Waals surface area (Å²) >= 11 is 0. The molecule has 1 aromatic heterocycles. The van der Waals surface area contributed by atoms with E-state index in [1.807, 2.05) is 30.3 Å². The number of carbonyl (C=O) groups excluding carboxylic acids is 4. The van der Waals surface area contributed by atoms with Gasteiger partial charge in [0, 0.05) is 33.3 Å². The molecule has 12 nitrogen and oxygen atoms in total. The minimum absolute atomic E-state index is 0.302. The van der Waals surface area contributed by atoms with Crippen LogP contribution in [0.25, 0.3) is 11.3 Å². The second-order valence-electron chi connectivity index (χ2n) is 7.67. The lowest BCUT2D eigenvalue weighted by Gasteiger charge is -2.45. The highest BCUT2D eigenvalue weighted by Crippen LogP contribution is 2.34. The lowest BCUT2D eigenvalue weighted by atomic mass is 9.94. The van der Waals surface area contributed by atoms with Crippen LogP contribution in [-0.2, 0) is 38.1 Å². The summed E-state index contributed by atoms with van der Waals surface area (Å²) in [4.78, 5) is 47.4. The second-order valence-corrected chi connectivity index (χ2v) is 7.67. The average Bonchev–Trinajstić information content (AvgIpc) is 3.24. The van der Waals surface area contributed by atoms with E-state index in [1.54, 1.807) is 0 Å². The summed E-state index contributed by atoms with van der Waals surface area (Å²) in [5.41, 5.74) is 1.32. The van der Waals surface area contributed by atoms with Crippen LogP contribution < -0.4 is 5.32 Å². The standard InChI is InChI=1S/C22H26N4O8/c1-12(27)24-19-21(33-15(4)30)20(32-14(3)29)18(11-31-13(2)28)34-22(19)26-17(10-23-25-26)16-8-6-5-7-9-16/h5-10,18-22H,11H2,1-4H3,(H,24,27)/t18-,19-,20-,21-,22-/m1/s1. The van der Waals surface area contributed by atoms with E-state index in [9.17, 15) is 19.2 Å². The molecule has 182 valence electrons. The van der Waals surface area contributed by atoms with E-state index in [1.165, 1.54) is 38.6 Å². The number of hydrogen-bond acceptors (Lipinski definition) is 10. The van der Waals surface area contributed by atoms with Gasteiger partial charge in [-0.2, -0.15) is 0 Å². The Hall–Kier alpha value is -3.80. The van der Waals surface area contributed by atoms with Gasteiger partial charge < -0.3 is 24.3 Å². The number of carbonyl (C=O) groups is 4. The smallest absolute Gasteiger partial charge is 0.303 e.